The summed E-state index contributed by atoms with van der Waals surface area (Å²) in [6, 6.07) is 5.48. The summed E-state index contributed by atoms with van der Waals surface area (Å²) >= 11 is 0. The number of carboxylic acid groups (broad SMARTS) is 1. The Morgan fingerprint density at radius 2 is 2.31 bits per heavy atom. The van der Waals surface area contributed by atoms with Crippen molar-refractivity contribution in [2.24, 2.45) is 0 Å². The van der Waals surface area contributed by atoms with Crippen LogP contribution in [0.4, 0.5) is 14.9 Å². The standard InChI is InChI=1S/C12H12FNO2/c1-2-3-4-8-14(12(15)16)11-7-5-6-10(13)9-11/h1,5-7,9H,3-4,8H2,(H,15,16). The Hall–Kier alpha value is -2.02. The van der Waals surface area contributed by atoms with Gasteiger partial charge in [-0.25, -0.2) is 9.18 Å². The van der Waals surface area contributed by atoms with Crippen molar-refractivity contribution < 1.29 is 14.3 Å². The second-order valence-corrected chi connectivity index (χ2v) is 3.22. The third-order valence-electron chi connectivity index (χ3n) is 2.05. The highest BCUT2D eigenvalue weighted by atomic mass is 19.1. The van der Waals surface area contributed by atoms with Crippen LogP contribution in [-0.2, 0) is 0 Å². The lowest BCUT2D eigenvalue weighted by molar-refractivity contribution is 0.201. The van der Waals surface area contributed by atoms with E-state index in [1.54, 1.807) is 6.07 Å². The smallest absolute Gasteiger partial charge is 0.411 e. The summed E-state index contributed by atoms with van der Waals surface area (Å²) in [5, 5.41) is 8.97. The van der Waals surface area contributed by atoms with Gasteiger partial charge in [0.05, 0.1) is 0 Å². The van der Waals surface area contributed by atoms with Crippen molar-refractivity contribution in [2.75, 3.05) is 11.4 Å². The number of terminal acetylenes is 1. The van der Waals surface area contributed by atoms with Gasteiger partial charge in [0.15, 0.2) is 0 Å². The monoisotopic (exact) mass is 221 g/mol. The van der Waals surface area contributed by atoms with Crippen LogP contribution in [0.3, 0.4) is 0 Å². The Balaban J connectivity index is 2.78. The van der Waals surface area contributed by atoms with E-state index < -0.39 is 11.9 Å². The summed E-state index contributed by atoms with van der Waals surface area (Å²) in [4.78, 5) is 12.0. The molecular formula is C12H12FNO2. The predicted molar refractivity (Wildman–Crippen MR) is 59.8 cm³/mol. The highest BCUT2D eigenvalue weighted by Gasteiger charge is 2.13. The summed E-state index contributed by atoms with van der Waals surface area (Å²) in [7, 11) is 0. The minimum Gasteiger partial charge on any atom is -0.465 e. The van der Waals surface area contributed by atoms with Crippen molar-refractivity contribution in [3.05, 3.63) is 30.1 Å². The van der Waals surface area contributed by atoms with E-state index >= 15 is 0 Å². The lowest BCUT2D eigenvalue weighted by atomic mass is 10.2. The van der Waals surface area contributed by atoms with Gasteiger partial charge < -0.3 is 5.11 Å². The molecule has 0 unspecified atom stereocenters. The first kappa shape index (κ1) is 12.1. The van der Waals surface area contributed by atoms with E-state index in [1.165, 1.54) is 18.2 Å². The van der Waals surface area contributed by atoms with Gasteiger partial charge in [0.1, 0.15) is 5.82 Å². The van der Waals surface area contributed by atoms with Crippen molar-refractivity contribution in [1.82, 2.24) is 0 Å². The molecule has 0 bridgehead atoms. The minimum absolute atomic E-state index is 0.267. The number of carbonyl (C=O) groups is 1. The molecule has 0 fully saturated rings. The number of halogens is 1. The van der Waals surface area contributed by atoms with Crippen molar-refractivity contribution in [3.63, 3.8) is 0 Å². The van der Waals surface area contributed by atoms with E-state index in [4.69, 9.17) is 11.5 Å². The number of unbranched alkanes of at least 4 members (excludes halogenated alkanes) is 1. The number of amides is 1. The van der Waals surface area contributed by atoms with Crippen molar-refractivity contribution in [2.45, 2.75) is 12.8 Å². The Labute approximate surface area is 93.5 Å². The summed E-state index contributed by atoms with van der Waals surface area (Å²) in [6.45, 7) is 0.267. The van der Waals surface area contributed by atoms with E-state index in [1.807, 2.05) is 0 Å². The average molecular weight is 221 g/mol. The highest BCUT2D eigenvalue weighted by molar-refractivity contribution is 5.85. The molecule has 0 aliphatic carbocycles. The van der Waals surface area contributed by atoms with E-state index in [9.17, 15) is 9.18 Å². The average Bonchev–Trinajstić information content (AvgIpc) is 2.24. The lowest BCUT2D eigenvalue weighted by Crippen LogP contribution is -2.30. The van der Waals surface area contributed by atoms with Gasteiger partial charge in [-0.05, 0) is 24.6 Å². The maximum absolute atomic E-state index is 12.9. The zero-order valence-corrected chi connectivity index (χ0v) is 8.69. The normalized spacial score (nSPS) is 9.50. The number of nitrogens with zero attached hydrogens (tertiary/aromatic N) is 1. The van der Waals surface area contributed by atoms with Gasteiger partial charge in [-0.2, -0.15) is 0 Å². The van der Waals surface area contributed by atoms with Crippen LogP contribution < -0.4 is 4.90 Å². The third-order valence-corrected chi connectivity index (χ3v) is 2.05. The molecule has 1 aromatic rings. The molecule has 0 spiro atoms. The maximum atomic E-state index is 12.9. The van der Waals surface area contributed by atoms with Crippen LogP contribution in [0.2, 0.25) is 0 Å². The molecule has 1 aromatic carbocycles. The van der Waals surface area contributed by atoms with Crippen LogP contribution >= 0.6 is 0 Å². The number of anilines is 1. The van der Waals surface area contributed by atoms with Crippen LogP contribution in [0.15, 0.2) is 24.3 Å². The topological polar surface area (TPSA) is 40.5 Å². The van der Waals surface area contributed by atoms with E-state index in [0.717, 1.165) is 4.90 Å². The minimum atomic E-state index is -1.11. The van der Waals surface area contributed by atoms with Crippen LogP contribution in [-0.4, -0.2) is 17.7 Å². The second-order valence-electron chi connectivity index (χ2n) is 3.22. The number of hydrogen-bond acceptors (Lipinski definition) is 1. The molecular weight excluding hydrogens is 209 g/mol. The number of hydrogen-bond donors (Lipinski definition) is 1. The molecule has 0 saturated heterocycles. The fraction of sp³-hybridized carbons (Fsp3) is 0.250. The summed E-state index contributed by atoms with van der Waals surface area (Å²) in [5.41, 5.74) is 0.324. The van der Waals surface area contributed by atoms with Gasteiger partial charge in [-0.15, -0.1) is 12.3 Å². The fourth-order valence-corrected chi connectivity index (χ4v) is 1.32. The molecule has 1 amide bonds. The van der Waals surface area contributed by atoms with Gasteiger partial charge in [0, 0.05) is 18.7 Å². The Morgan fingerprint density at radius 1 is 1.56 bits per heavy atom. The van der Waals surface area contributed by atoms with Crippen LogP contribution in [0, 0.1) is 18.2 Å². The van der Waals surface area contributed by atoms with Gasteiger partial charge in [0.25, 0.3) is 0 Å². The molecule has 0 heterocycles. The molecule has 1 N–H and O–H groups in total. The molecule has 4 heteroatoms. The quantitative estimate of drug-likeness (QED) is 0.627. The summed E-state index contributed by atoms with van der Waals surface area (Å²) in [6.07, 6.45) is 5.02. The fourth-order valence-electron chi connectivity index (χ4n) is 1.32. The van der Waals surface area contributed by atoms with E-state index in [0.29, 0.717) is 18.5 Å². The predicted octanol–water partition coefficient (Wildman–Crippen LogP) is 2.72. The number of rotatable bonds is 4. The van der Waals surface area contributed by atoms with E-state index in [2.05, 4.69) is 5.92 Å². The zero-order valence-electron chi connectivity index (χ0n) is 8.69. The SMILES string of the molecule is C#CCCCN(C(=O)O)c1cccc(F)c1. The van der Waals surface area contributed by atoms with Crippen molar-refractivity contribution >= 4 is 11.8 Å². The first-order chi connectivity index (χ1) is 7.65. The highest BCUT2D eigenvalue weighted by Crippen LogP contribution is 2.16. The Kier molecular flexibility index (Phi) is 4.34. The molecule has 0 saturated carbocycles. The van der Waals surface area contributed by atoms with Crippen LogP contribution in [0.5, 0.6) is 0 Å². The van der Waals surface area contributed by atoms with Crippen molar-refractivity contribution in [3.8, 4) is 12.3 Å². The summed E-state index contributed by atoms with van der Waals surface area (Å²) < 4.78 is 12.9. The number of benzene rings is 1. The Morgan fingerprint density at radius 3 is 2.88 bits per heavy atom. The van der Waals surface area contributed by atoms with Gasteiger partial charge in [-0.1, -0.05) is 6.07 Å². The van der Waals surface area contributed by atoms with Gasteiger partial charge in [0.2, 0.25) is 0 Å². The molecule has 0 radical (unpaired) electrons. The van der Waals surface area contributed by atoms with Crippen LogP contribution in [0.1, 0.15) is 12.8 Å². The molecule has 0 atom stereocenters. The van der Waals surface area contributed by atoms with E-state index in [-0.39, 0.29) is 6.54 Å². The molecule has 0 aliphatic heterocycles. The molecule has 16 heavy (non-hydrogen) atoms. The van der Waals surface area contributed by atoms with Gasteiger partial charge >= 0.3 is 6.09 Å². The molecule has 0 aliphatic rings. The molecule has 1 rings (SSSR count). The first-order valence-electron chi connectivity index (χ1n) is 4.84. The maximum Gasteiger partial charge on any atom is 0.411 e. The lowest BCUT2D eigenvalue weighted by Gasteiger charge is -2.18. The third kappa shape index (κ3) is 3.28. The molecule has 3 nitrogen and oxygen atoms in total. The summed E-state index contributed by atoms with van der Waals surface area (Å²) in [5.74, 6) is 1.97. The van der Waals surface area contributed by atoms with Gasteiger partial charge in [-0.3, -0.25) is 4.90 Å². The molecule has 0 aromatic heterocycles. The first-order valence-corrected chi connectivity index (χ1v) is 4.84. The van der Waals surface area contributed by atoms with Crippen molar-refractivity contribution in [1.29, 1.82) is 0 Å². The largest absolute Gasteiger partial charge is 0.465 e. The zero-order chi connectivity index (χ0) is 12.0. The second kappa shape index (κ2) is 5.76. The molecule has 84 valence electrons. The Bertz CT molecular complexity index is 412. The van der Waals surface area contributed by atoms with Crippen LogP contribution in [0.25, 0.3) is 0 Å².